The van der Waals surface area contributed by atoms with Crippen LogP contribution in [-0.4, -0.2) is 14.8 Å². The van der Waals surface area contributed by atoms with Crippen molar-refractivity contribution in [2.45, 2.75) is 6.54 Å². The first-order valence-electron chi connectivity index (χ1n) is 2.75. The maximum atomic E-state index is 5.34. The van der Waals surface area contributed by atoms with E-state index in [1.54, 1.807) is 10.8 Å². The first kappa shape index (κ1) is 9.22. The number of hydrogen-bond acceptors (Lipinski definition) is 2. The van der Waals surface area contributed by atoms with Crippen LogP contribution in [0.3, 0.4) is 0 Å². The minimum atomic E-state index is 0.562. The summed E-state index contributed by atoms with van der Waals surface area (Å²) in [6.07, 6.45) is 1.77. The van der Waals surface area contributed by atoms with Gasteiger partial charge in [0.15, 0.2) is 4.73 Å². The lowest BCUT2D eigenvalue weighted by atomic mass is 10.6. The van der Waals surface area contributed by atoms with Gasteiger partial charge >= 0.3 is 0 Å². The van der Waals surface area contributed by atoms with Crippen LogP contribution in [0.25, 0.3) is 0 Å². The summed E-state index contributed by atoms with van der Waals surface area (Å²) < 4.78 is 2.91. The van der Waals surface area contributed by atoms with E-state index < -0.39 is 0 Å². The van der Waals surface area contributed by atoms with Gasteiger partial charge in [0, 0.05) is 5.54 Å². The Balaban J connectivity index is 2.77. The van der Waals surface area contributed by atoms with Crippen molar-refractivity contribution in [1.29, 1.82) is 0 Å². The van der Waals surface area contributed by atoms with E-state index in [0.29, 0.717) is 16.0 Å². The molecule has 0 aliphatic heterocycles. The summed E-state index contributed by atoms with van der Waals surface area (Å²) in [5.74, 6) is 0. The number of aromatic nitrogens is 3. The van der Waals surface area contributed by atoms with Gasteiger partial charge in [-0.25, -0.2) is 4.68 Å². The highest BCUT2D eigenvalue weighted by Gasteiger charge is 2.01. The molecule has 0 radical (unpaired) electrons. The third-order valence-corrected chi connectivity index (χ3v) is 2.07. The average Bonchev–Trinajstić information content (AvgIpc) is 2.26. The van der Waals surface area contributed by atoms with Crippen LogP contribution in [0.4, 0.5) is 0 Å². The summed E-state index contributed by atoms with van der Waals surface area (Å²) in [6.45, 7) is 0.614. The Hall–Kier alpha value is 0.130. The molecule has 3 nitrogen and oxygen atoms in total. The lowest BCUT2D eigenvalue weighted by molar-refractivity contribution is 0.679. The van der Waals surface area contributed by atoms with Crippen molar-refractivity contribution in [3.8, 4) is 0 Å². The lowest BCUT2D eigenvalue weighted by Crippen LogP contribution is -1.97. The summed E-state index contributed by atoms with van der Waals surface area (Å²) in [5, 5.41) is 4.01. The van der Waals surface area contributed by atoms with Gasteiger partial charge in [-0.15, -0.1) is 5.10 Å². The van der Waals surface area contributed by atoms with Gasteiger partial charge in [0.1, 0.15) is 0 Å². The van der Waals surface area contributed by atoms with E-state index in [2.05, 4.69) is 41.9 Å². The standard InChI is InChI=1S/C5H4Br2ClN3/c6-4-9-5(7)11(10-4)3-1-2-8/h1-2H,3H2/b2-1+. The van der Waals surface area contributed by atoms with Gasteiger partial charge in [-0.2, -0.15) is 4.98 Å². The van der Waals surface area contributed by atoms with Crippen molar-refractivity contribution >= 4 is 43.5 Å². The van der Waals surface area contributed by atoms with E-state index in [1.807, 2.05) is 0 Å². The fourth-order valence-electron chi connectivity index (χ4n) is 0.553. The summed E-state index contributed by atoms with van der Waals surface area (Å²) in [4.78, 5) is 3.97. The normalized spacial score (nSPS) is 11.2. The zero-order valence-corrected chi connectivity index (χ0v) is 9.27. The van der Waals surface area contributed by atoms with E-state index in [0.717, 1.165) is 0 Å². The molecule has 0 saturated heterocycles. The SMILES string of the molecule is Cl/C=C/Cn1nc(Br)nc1Br. The second kappa shape index (κ2) is 4.23. The molecule has 1 aromatic heterocycles. The maximum absolute atomic E-state index is 5.34. The first-order valence-corrected chi connectivity index (χ1v) is 4.77. The van der Waals surface area contributed by atoms with Crippen molar-refractivity contribution in [2.24, 2.45) is 0 Å². The molecular formula is C5H4Br2ClN3. The van der Waals surface area contributed by atoms with Crippen molar-refractivity contribution < 1.29 is 0 Å². The van der Waals surface area contributed by atoms with E-state index in [1.165, 1.54) is 5.54 Å². The van der Waals surface area contributed by atoms with Crippen LogP contribution in [0.5, 0.6) is 0 Å². The summed E-state index contributed by atoms with van der Waals surface area (Å²) >= 11 is 11.7. The second-order valence-electron chi connectivity index (χ2n) is 1.69. The molecular weight excluding hydrogens is 297 g/mol. The number of nitrogens with zero attached hydrogens (tertiary/aromatic N) is 3. The predicted octanol–water partition coefficient (Wildman–Crippen LogP) is 2.56. The Morgan fingerprint density at radius 1 is 1.55 bits per heavy atom. The van der Waals surface area contributed by atoms with E-state index in [4.69, 9.17) is 11.6 Å². The molecule has 0 saturated carbocycles. The zero-order chi connectivity index (χ0) is 8.27. The third kappa shape index (κ3) is 2.57. The molecule has 6 heteroatoms. The molecule has 0 unspecified atom stereocenters. The molecule has 60 valence electrons. The second-order valence-corrected chi connectivity index (χ2v) is 3.36. The fourth-order valence-corrected chi connectivity index (χ4v) is 1.62. The largest absolute Gasteiger partial charge is 0.235 e. The van der Waals surface area contributed by atoms with Crippen molar-refractivity contribution in [2.75, 3.05) is 0 Å². The minimum Gasteiger partial charge on any atom is -0.235 e. The third-order valence-electron chi connectivity index (χ3n) is 0.968. The summed E-state index contributed by atoms with van der Waals surface area (Å²) in [7, 11) is 0. The van der Waals surface area contributed by atoms with Gasteiger partial charge in [-0.3, -0.25) is 0 Å². The predicted molar refractivity (Wildman–Crippen MR) is 50.4 cm³/mol. The number of rotatable bonds is 2. The van der Waals surface area contributed by atoms with Crippen LogP contribution >= 0.6 is 43.5 Å². The first-order chi connectivity index (χ1) is 5.24. The molecule has 1 aromatic rings. The molecule has 1 heterocycles. The zero-order valence-electron chi connectivity index (χ0n) is 5.34. The van der Waals surface area contributed by atoms with Crippen LogP contribution < -0.4 is 0 Å². The molecule has 0 spiro atoms. The van der Waals surface area contributed by atoms with Crippen molar-refractivity contribution in [3.05, 3.63) is 21.1 Å². The van der Waals surface area contributed by atoms with Crippen LogP contribution in [0.15, 0.2) is 21.1 Å². The van der Waals surface area contributed by atoms with Gasteiger partial charge in [0.25, 0.3) is 0 Å². The number of allylic oxidation sites excluding steroid dienone is 1. The van der Waals surface area contributed by atoms with Gasteiger partial charge in [0.2, 0.25) is 4.73 Å². The Kier molecular flexibility index (Phi) is 3.54. The Bertz CT molecular complexity index is 271. The molecule has 0 aromatic carbocycles. The smallest absolute Gasteiger partial charge is 0.218 e. The maximum Gasteiger partial charge on any atom is 0.218 e. The molecule has 0 atom stereocenters. The average molecular weight is 301 g/mol. The Labute approximate surface area is 85.7 Å². The minimum absolute atomic E-state index is 0.562. The fraction of sp³-hybridized carbons (Fsp3) is 0.200. The molecule has 11 heavy (non-hydrogen) atoms. The Morgan fingerprint density at radius 3 is 2.73 bits per heavy atom. The van der Waals surface area contributed by atoms with Gasteiger partial charge in [0.05, 0.1) is 6.54 Å². The number of halogens is 3. The topological polar surface area (TPSA) is 30.7 Å². The highest BCUT2D eigenvalue weighted by molar-refractivity contribution is 9.11. The molecule has 0 amide bonds. The van der Waals surface area contributed by atoms with E-state index >= 15 is 0 Å². The van der Waals surface area contributed by atoms with Gasteiger partial charge < -0.3 is 0 Å². The van der Waals surface area contributed by atoms with Gasteiger partial charge in [-0.1, -0.05) is 17.7 Å². The van der Waals surface area contributed by atoms with Crippen molar-refractivity contribution in [3.63, 3.8) is 0 Å². The molecule has 0 fully saturated rings. The Morgan fingerprint density at radius 2 is 2.27 bits per heavy atom. The molecule has 1 rings (SSSR count). The molecule has 0 bridgehead atoms. The quantitative estimate of drug-likeness (QED) is 0.840. The summed E-state index contributed by atoms with van der Waals surface area (Å²) in [5.41, 5.74) is 1.45. The van der Waals surface area contributed by atoms with E-state index in [9.17, 15) is 0 Å². The molecule has 0 aliphatic rings. The van der Waals surface area contributed by atoms with Crippen molar-refractivity contribution in [1.82, 2.24) is 14.8 Å². The molecule has 0 N–H and O–H groups in total. The van der Waals surface area contributed by atoms with Crippen LogP contribution in [0, 0.1) is 0 Å². The van der Waals surface area contributed by atoms with E-state index in [-0.39, 0.29) is 0 Å². The van der Waals surface area contributed by atoms with Crippen LogP contribution in [-0.2, 0) is 6.54 Å². The van der Waals surface area contributed by atoms with Crippen LogP contribution in [0.2, 0.25) is 0 Å². The summed E-state index contributed by atoms with van der Waals surface area (Å²) in [6, 6.07) is 0. The van der Waals surface area contributed by atoms with Crippen LogP contribution in [0.1, 0.15) is 0 Å². The van der Waals surface area contributed by atoms with Gasteiger partial charge in [-0.05, 0) is 31.9 Å². The highest BCUT2D eigenvalue weighted by Crippen LogP contribution is 2.10. The molecule has 0 aliphatic carbocycles. The lowest BCUT2D eigenvalue weighted by Gasteiger charge is -1.93. The number of hydrogen-bond donors (Lipinski definition) is 0. The highest BCUT2D eigenvalue weighted by atomic mass is 79.9. The monoisotopic (exact) mass is 299 g/mol.